The molecule has 0 radical (unpaired) electrons. The number of hydrogen-bond acceptors (Lipinski definition) is 4. The highest BCUT2D eigenvalue weighted by atomic mass is 32.2. The molecule has 0 heterocycles. The van der Waals surface area contributed by atoms with Crippen LogP contribution in [0.2, 0.25) is 0 Å². The lowest BCUT2D eigenvalue weighted by atomic mass is 10.1. The predicted octanol–water partition coefficient (Wildman–Crippen LogP) is 4.16. The monoisotopic (exact) mass is 380 g/mol. The average Bonchev–Trinajstić information content (AvgIpc) is 2.69. The summed E-state index contributed by atoms with van der Waals surface area (Å²) in [7, 11) is 1.59. The Morgan fingerprint density at radius 2 is 1.52 bits per heavy atom. The fourth-order valence-electron chi connectivity index (χ4n) is 2.63. The molecule has 0 aliphatic heterocycles. The first-order valence-electron chi connectivity index (χ1n) is 8.45. The molecule has 2 amide bonds. The molecule has 0 saturated heterocycles. The summed E-state index contributed by atoms with van der Waals surface area (Å²) in [6.45, 7) is 0. The highest BCUT2D eigenvalue weighted by Gasteiger charge is 2.08. The highest BCUT2D eigenvalue weighted by Crippen LogP contribution is 2.23. The number of carbonyl (C=O) groups excluding carboxylic acids is 2. The number of benzene rings is 3. The Bertz CT molecular complexity index is 936. The van der Waals surface area contributed by atoms with Gasteiger partial charge in [0.25, 0.3) is 0 Å². The van der Waals surface area contributed by atoms with E-state index in [4.69, 9.17) is 4.74 Å². The molecule has 0 atom stereocenters. The molecule has 0 spiro atoms. The van der Waals surface area contributed by atoms with Crippen LogP contribution in [0.5, 0.6) is 5.75 Å². The van der Waals surface area contributed by atoms with Gasteiger partial charge in [-0.3, -0.25) is 9.59 Å². The zero-order chi connectivity index (χ0) is 19.1. The fraction of sp³-hybridized carbons (Fsp3) is 0.143. The van der Waals surface area contributed by atoms with Crippen LogP contribution < -0.4 is 15.4 Å². The summed E-state index contributed by atoms with van der Waals surface area (Å²) < 4.78 is 5.08. The van der Waals surface area contributed by atoms with Crippen LogP contribution in [0.25, 0.3) is 10.8 Å². The maximum atomic E-state index is 12.2. The molecule has 0 aromatic heterocycles. The van der Waals surface area contributed by atoms with E-state index in [9.17, 15) is 9.59 Å². The molecule has 2 N–H and O–H groups in total. The van der Waals surface area contributed by atoms with Gasteiger partial charge in [-0.25, -0.2) is 0 Å². The second kappa shape index (κ2) is 9.09. The van der Waals surface area contributed by atoms with Crippen molar-refractivity contribution in [3.05, 3.63) is 66.7 Å². The van der Waals surface area contributed by atoms with Gasteiger partial charge in [-0.05, 0) is 35.7 Å². The van der Waals surface area contributed by atoms with Crippen LogP contribution in [-0.4, -0.2) is 30.4 Å². The van der Waals surface area contributed by atoms with Crippen LogP contribution >= 0.6 is 11.8 Å². The van der Waals surface area contributed by atoms with Crippen molar-refractivity contribution in [3.63, 3.8) is 0 Å². The van der Waals surface area contributed by atoms with Crippen LogP contribution in [0.1, 0.15) is 0 Å². The van der Waals surface area contributed by atoms with Gasteiger partial charge in [0, 0.05) is 16.8 Å². The first kappa shape index (κ1) is 18.8. The molecule has 0 aliphatic carbocycles. The molecule has 0 unspecified atom stereocenters. The molecule has 138 valence electrons. The molecule has 0 saturated carbocycles. The van der Waals surface area contributed by atoms with Gasteiger partial charge < -0.3 is 15.4 Å². The third kappa shape index (κ3) is 5.24. The van der Waals surface area contributed by atoms with E-state index in [0.717, 1.165) is 22.2 Å². The van der Waals surface area contributed by atoms with Crippen LogP contribution in [0, 0.1) is 0 Å². The number of thioether (sulfide) groups is 1. The maximum absolute atomic E-state index is 12.2. The minimum absolute atomic E-state index is 0.131. The summed E-state index contributed by atoms with van der Waals surface area (Å²) in [4.78, 5) is 24.2. The Morgan fingerprint density at radius 1 is 0.852 bits per heavy atom. The average molecular weight is 380 g/mol. The van der Waals surface area contributed by atoms with Crippen LogP contribution in [0.4, 0.5) is 11.4 Å². The molecule has 0 aliphatic rings. The number of carbonyl (C=O) groups is 2. The lowest BCUT2D eigenvalue weighted by Crippen LogP contribution is -2.18. The summed E-state index contributed by atoms with van der Waals surface area (Å²) in [5, 5.41) is 7.78. The molecule has 3 aromatic rings. The number of hydrogen-bond donors (Lipinski definition) is 2. The Balaban J connectivity index is 1.46. The van der Waals surface area contributed by atoms with Crippen molar-refractivity contribution >= 4 is 45.7 Å². The standard InChI is InChI=1S/C21H20N2O3S/c1-26-17-11-9-16(10-12-17)22-20(24)13-27-14-21(25)23-19-8-4-6-15-5-2-3-7-18(15)19/h2-12H,13-14H2,1H3,(H,22,24)(H,23,25). The lowest BCUT2D eigenvalue weighted by molar-refractivity contribution is -0.114. The largest absolute Gasteiger partial charge is 0.497 e. The Hall–Kier alpha value is -2.99. The molecule has 0 fully saturated rings. The van der Waals surface area contributed by atoms with Crippen molar-refractivity contribution in [2.24, 2.45) is 0 Å². The first-order valence-corrected chi connectivity index (χ1v) is 9.60. The van der Waals surface area contributed by atoms with Gasteiger partial charge in [0.15, 0.2) is 0 Å². The minimum Gasteiger partial charge on any atom is -0.497 e. The molecular formula is C21H20N2O3S. The number of fused-ring (bicyclic) bond motifs is 1. The first-order chi connectivity index (χ1) is 13.2. The van der Waals surface area contributed by atoms with E-state index in [1.807, 2.05) is 42.5 Å². The Kier molecular flexibility index (Phi) is 6.33. The number of rotatable bonds is 7. The van der Waals surface area contributed by atoms with Crippen molar-refractivity contribution in [2.75, 3.05) is 29.2 Å². The topological polar surface area (TPSA) is 67.4 Å². The summed E-state index contributed by atoms with van der Waals surface area (Å²) in [6.07, 6.45) is 0. The van der Waals surface area contributed by atoms with Gasteiger partial charge in [-0.1, -0.05) is 36.4 Å². The van der Waals surface area contributed by atoms with Crippen molar-refractivity contribution < 1.29 is 14.3 Å². The van der Waals surface area contributed by atoms with Crippen molar-refractivity contribution in [1.29, 1.82) is 0 Å². The number of ether oxygens (including phenoxy) is 1. The zero-order valence-electron chi connectivity index (χ0n) is 14.9. The van der Waals surface area contributed by atoms with Gasteiger partial charge in [-0.15, -0.1) is 11.8 Å². The quantitative estimate of drug-likeness (QED) is 0.646. The third-order valence-electron chi connectivity index (χ3n) is 3.90. The Morgan fingerprint density at radius 3 is 2.26 bits per heavy atom. The van der Waals surface area contributed by atoms with E-state index in [-0.39, 0.29) is 23.3 Å². The summed E-state index contributed by atoms with van der Waals surface area (Å²) in [5.74, 6) is 0.859. The predicted molar refractivity (Wildman–Crippen MR) is 112 cm³/mol. The molecule has 3 aromatic carbocycles. The fourth-order valence-corrected chi connectivity index (χ4v) is 3.25. The minimum atomic E-state index is -0.150. The number of methoxy groups -OCH3 is 1. The van der Waals surface area contributed by atoms with Crippen molar-refractivity contribution in [2.45, 2.75) is 0 Å². The van der Waals surface area contributed by atoms with Crippen molar-refractivity contribution in [3.8, 4) is 5.75 Å². The van der Waals surface area contributed by atoms with E-state index < -0.39 is 0 Å². The molecule has 27 heavy (non-hydrogen) atoms. The second-order valence-electron chi connectivity index (χ2n) is 5.84. The van der Waals surface area contributed by atoms with E-state index >= 15 is 0 Å². The van der Waals surface area contributed by atoms with E-state index in [0.29, 0.717) is 5.69 Å². The summed E-state index contributed by atoms with van der Waals surface area (Å²) in [5.41, 5.74) is 1.47. The lowest BCUT2D eigenvalue weighted by Gasteiger charge is -2.09. The smallest absolute Gasteiger partial charge is 0.234 e. The molecule has 3 rings (SSSR count). The van der Waals surface area contributed by atoms with Gasteiger partial charge >= 0.3 is 0 Å². The number of anilines is 2. The normalized spacial score (nSPS) is 10.4. The second-order valence-corrected chi connectivity index (χ2v) is 6.83. The van der Waals surface area contributed by atoms with Gasteiger partial charge in [0.1, 0.15) is 5.75 Å². The number of amides is 2. The van der Waals surface area contributed by atoms with Crippen molar-refractivity contribution in [1.82, 2.24) is 0 Å². The molecular weight excluding hydrogens is 360 g/mol. The molecule has 5 nitrogen and oxygen atoms in total. The number of nitrogens with one attached hydrogen (secondary N) is 2. The van der Waals surface area contributed by atoms with Crippen LogP contribution in [0.15, 0.2) is 66.7 Å². The highest BCUT2D eigenvalue weighted by molar-refractivity contribution is 8.00. The SMILES string of the molecule is COc1ccc(NC(=O)CSCC(=O)Nc2cccc3ccccc23)cc1. The summed E-state index contributed by atoms with van der Waals surface area (Å²) in [6, 6.07) is 20.8. The van der Waals surface area contributed by atoms with E-state index in [1.54, 1.807) is 31.4 Å². The van der Waals surface area contributed by atoms with Gasteiger partial charge in [0.2, 0.25) is 11.8 Å². The van der Waals surface area contributed by atoms with E-state index in [1.165, 1.54) is 11.8 Å². The van der Waals surface area contributed by atoms with Gasteiger partial charge in [0.05, 0.1) is 18.6 Å². The van der Waals surface area contributed by atoms with Crippen LogP contribution in [0.3, 0.4) is 0 Å². The van der Waals surface area contributed by atoms with Gasteiger partial charge in [-0.2, -0.15) is 0 Å². The molecule has 0 bridgehead atoms. The van der Waals surface area contributed by atoms with E-state index in [2.05, 4.69) is 10.6 Å². The third-order valence-corrected chi connectivity index (χ3v) is 4.84. The Labute approximate surface area is 162 Å². The maximum Gasteiger partial charge on any atom is 0.234 e. The van der Waals surface area contributed by atoms with Crippen LogP contribution in [-0.2, 0) is 9.59 Å². The summed E-state index contributed by atoms with van der Waals surface area (Å²) >= 11 is 1.27. The zero-order valence-corrected chi connectivity index (χ0v) is 15.7. The molecule has 6 heteroatoms.